The number of hydrogen-bond donors (Lipinski definition) is 1. The fraction of sp³-hybridized carbons (Fsp3) is 0.227. The van der Waals surface area contributed by atoms with Crippen molar-refractivity contribution < 1.29 is 19.1 Å². The Morgan fingerprint density at radius 2 is 1.59 bits per heavy atom. The summed E-state index contributed by atoms with van der Waals surface area (Å²) in [4.78, 5) is 35.2. The molecule has 2 aromatic rings. The quantitative estimate of drug-likeness (QED) is 0.548. The number of nitrogens with one attached hydrogen (secondary N) is 1. The van der Waals surface area contributed by atoms with Crippen LogP contribution < -0.4 is 5.32 Å². The number of Topliss-reactive ketones (excluding diaryl/α,β-unsaturated/α-hetero) is 1. The normalized spacial score (nSPS) is 10.6. The summed E-state index contributed by atoms with van der Waals surface area (Å²) in [5.74, 6) is -0.624. The molecule has 2 rings (SSSR count). The molecule has 0 aliphatic rings. The second-order valence-corrected chi connectivity index (χ2v) is 5.98. The molecule has 0 aliphatic heterocycles. The summed E-state index contributed by atoms with van der Waals surface area (Å²) in [5.41, 5.74) is 2.60. The molecule has 0 aromatic heterocycles. The first-order valence-corrected chi connectivity index (χ1v) is 8.83. The minimum Gasteiger partial charge on any atom is -0.463 e. The first-order chi connectivity index (χ1) is 13.1. The van der Waals surface area contributed by atoms with E-state index in [0.717, 1.165) is 16.7 Å². The van der Waals surface area contributed by atoms with E-state index in [0.29, 0.717) is 13.0 Å². The Balaban J connectivity index is 1.76. The van der Waals surface area contributed by atoms with Gasteiger partial charge in [0.1, 0.15) is 0 Å². The molecule has 0 fully saturated rings. The molecule has 27 heavy (non-hydrogen) atoms. The Morgan fingerprint density at radius 3 is 2.26 bits per heavy atom. The molecule has 0 heterocycles. The summed E-state index contributed by atoms with van der Waals surface area (Å²) in [6.45, 7) is 2.11. The number of carbonyl (C=O) groups excluding carboxylic acids is 3. The van der Waals surface area contributed by atoms with Gasteiger partial charge in [0.2, 0.25) is 5.91 Å². The van der Waals surface area contributed by atoms with Crippen molar-refractivity contribution in [2.75, 3.05) is 13.2 Å². The summed E-state index contributed by atoms with van der Waals surface area (Å²) >= 11 is 0. The number of hydrogen-bond acceptors (Lipinski definition) is 4. The van der Waals surface area contributed by atoms with Gasteiger partial charge in [0.15, 0.2) is 5.78 Å². The predicted octanol–water partition coefficient (Wildman–Crippen LogP) is 2.73. The van der Waals surface area contributed by atoms with E-state index in [9.17, 15) is 14.4 Å². The van der Waals surface area contributed by atoms with Crippen LogP contribution in [0.25, 0.3) is 6.08 Å². The van der Waals surface area contributed by atoms with Gasteiger partial charge in [0.25, 0.3) is 0 Å². The highest BCUT2D eigenvalue weighted by atomic mass is 16.5. The Kier molecular flexibility index (Phi) is 7.97. The highest BCUT2D eigenvalue weighted by molar-refractivity contribution is 5.88. The molecule has 5 heteroatoms. The van der Waals surface area contributed by atoms with Gasteiger partial charge >= 0.3 is 5.97 Å². The van der Waals surface area contributed by atoms with Crippen LogP contribution in [0.3, 0.4) is 0 Å². The topological polar surface area (TPSA) is 72.5 Å². The van der Waals surface area contributed by atoms with Crippen LogP contribution in [0.5, 0.6) is 0 Å². The summed E-state index contributed by atoms with van der Waals surface area (Å²) in [7, 11) is 0. The molecule has 0 aliphatic carbocycles. The second kappa shape index (κ2) is 10.7. The lowest BCUT2D eigenvalue weighted by atomic mass is 10.1. The fourth-order valence-electron chi connectivity index (χ4n) is 2.43. The van der Waals surface area contributed by atoms with Crippen LogP contribution in [-0.2, 0) is 32.0 Å². The van der Waals surface area contributed by atoms with Gasteiger partial charge in [-0.2, -0.15) is 0 Å². The first-order valence-electron chi connectivity index (χ1n) is 8.83. The van der Waals surface area contributed by atoms with Crippen molar-refractivity contribution in [1.29, 1.82) is 0 Å². The molecule has 2 aromatic carbocycles. The van der Waals surface area contributed by atoms with Gasteiger partial charge in [-0.15, -0.1) is 0 Å². The minimum atomic E-state index is -0.388. The Morgan fingerprint density at radius 1 is 0.926 bits per heavy atom. The lowest BCUT2D eigenvalue weighted by Gasteiger charge is -2.06. The standard InChI is InChI=1S/C22H23NO4/c1-2-27-22(26)13-12-17-8-10-19(11-9-17)15-21(25)23-16-20(24)14-18-6-4-3-5-7-18/h3-13H,2,14-16H2,1H3,(H,23,25)/b13-12+. The number of esters is 1. The molecule has 1 amide bonds. The zero-order valence-electron chi connectivity index (χ0n) is 15.3. The van der Waals surface area contributed by atoms with Crippen molar-refractivity contribution in [3.63, 3.8) is 0 Å². The van der Waals surface area contributed by atoms with Gasteiger partial charge in [0.05, 0.1) is 19.6 Å². The van der Waals surface area contributed by atoms with Gasteiger partial charge in [-0.05, 0) is 29.7 Å². The minimum absolute atomic E-state index is 0.0219. The van der Waals surface area contributed by atoms with Crippen molar-refractivity contribution in [1.82, 2.24) is 5.32 Å². The highest BCUT2D eigenvalue weighted by Crippen LogP contribution is 2.07. The smallest absolute Gasteiger partial charge is 0.330 e. The summed E-state index contributed by atoms with van der Waals surface area (Å²) in [6, 6.07) is 16.7. The van der Waals surface area contributed by atoms with Crippen LogP contribution >= 0.6 is 0 Å². The van der Waals surface area contributed by atoms with Crippen molar-refractivity contribution in [2.24, 2.45) is 0 Å². The molecule has 140 valence electrons. The van der Waals surface area contributed by atoms with E-state index in [1.54, 1.807) is 13.0 Å². The molecule has 0 saturated carbocycles. The van der Waals surface area contributed by atoms with E-state index in [1.807, 2.05) is 54.6 Å². The Labute approximate surface area is 159 Å². The monoisotopic (exact) mass is 365 g/mol. The first kappa shape index (κ1) is 20.1. The van der Waals surface area contributed by atoms with Crippen LogP contribution in [0, 0.1) is 0 Å². The van der Waals surface area contributed by atoms with Gasteiger partial charge in [0, 0.05) is 12.5 Å². The average molecular weight is 365 g/mol. The largest absolute Gasteiger partial charge is 0.463 e. The zero-order valence-corrected chi connectivity index (χ0v) is 15.3. The van der Waals surface area contributed by atoms with Crippen LogP contribution in [0.1, 0.15) is 23.6 Å². The molecular weight excluding hydrogens is 342 g/mol. The molecule has 0 saturated heterocycles. The molecule has 5 nitrogen and oxygen atoms in total. The number of carbonyl (C=O) groups is 3. The second-order valence-electron chi connectivity index (χ2n) is 5.98. The maximum absolute atomic E-state index is 12.0. The van der Waals surface area contributed by atoms with Crippen molar-refractivity contribution in [2.45, 2.75) is 19.8 Å². The molecule has 1 N–H and O–H groups in total. The van der Waals surface area contributed by atoms with Crippen LogP contribution in [0.2, 0.25) is 0 Å². The third-order valence-corrected chi connectivity index (χ3v) is 3.77. The SMILES string of the molecule is CCOC(=O)/C=C/c1ccc(CC(=O)NCC(=O)Cc2ccccc2)cc1. The Hall–Kier alpha value is -3.21. The molecule has 0 bridgehead atoms. The third kappa shape index (κ3) is 7.69. The number of ketones is 1. The number of ether oxygens (including phenoxy) is 1. The highest BCUT2D eigenvalue weighted by Gasteiger charge is 2.07. The summed E-state index contributed by atoms with van der Waals surface area (Å²) < 4.78 is 4.82. The van der Waals surface area contributed by atoms with E-state index in [-0.39, 0.29) is 30.6 Å². The Bertz CT molecular complexity index is 795. The molecule has 0 unspecified atom stereocenters. The number of amides is 1. The van der Waals surface area contributed by atoms with Gasteiger partial charge in [-0.25, -0.2) is 4.79 Å². The summed E-state index contributed by atoms with van der Waals surface area (Å²) in [5, 5.41) is 2.66. The predicted molar refractivity (Wildman–Crippen MR) is 104 cm³/mol. The number of rotatable bonds is 9. The van der Waals surface area contributed by atoms with Crippen molar-refractivity contribution in [3.05, 3.63) is 77.4 Å². The number of benzene rings is 2. The third-order valence-electron chi connectivity index (χ3n) is 3.77. The average Bonchev–Trinajstić information content (AvgIpc) is 2.67. The lowest BCUT2D eigenvalue weighted by molar-refractivity contribution is -0.137. The van der Waals surface area contributed by atoms with Crippen LogP contribution in [0.4, 0.5) is 0 Å². The van der Waals surface area contributed by atoms with Gasteiger partial charge < -0.3 is 10.1 Å². The molecule has 0 spiro atoms. The van der Waals surface area contributed by atoms with Crippen LogP contribution in [0.15, 0.2) is 60.7 Å². The van der Waals surface area contributed by atoms with E-state index in [1.165, 1.54) is 6.08 Å². The summed E-state index contributed by atoms with van der Waals surface area (Å²) in [6.07, 6.45) is 3.52. The van der Waals surface area contributed by atoms with E-state index in [2.05, 4.69) is 5.32 Å². The zero-order chi connectivity index (χ0) is 19.5. The molecular formula is C22H23NO4. The van der Waals surface area contributed by atoms with Crippen molar-refractivity contribution in [3.8, 4) is 0 Å². The van der Waals surface area contributed by atoms with Crippen LogP contribution in [-0.4, -0.2) is 30.8 Å². The van der Waals surface area contributed by atoms with Gasteiger partial charge in [-0.3, -0.25) is 9.59 Å². The van der Waals surface area contributed by atoms with E-state index < -0.39 is 0 Å². The maximum atomic E-state index is 12.0. The van der Waals surface area contributed by atoms with E-state index in [4.69, 9.17) is 4.74 Å². The molecule has 0 radical (unpaired) electrons. The molecule has 0 atom stereocenters. The van der Waals surface area contributed by atoms with E-state index >= 15 is 0 Å². The fourth-order valence-corrected chi connectivity index (χ4v) is 2.43. The van der Waals surface area contributed by atoms with Gasteiger partial charge in [-0.1, -0.05) is 54.6 Å². The van der Waals surface area contributed by atoms with Crippen molar-refractivity contribution >= 4 is 23.7 Å². The maximum Gasteiger partial charge on any atom is 0.330 e. The lowest BCUT2D eigenvalue weighted by Crippen LogP contribution is -2.31.